The van der Waals surface area contributed by atoms with Gasteiger partial charge in [0.2, 0.25) is 5.91 Å². The SMILES string of the molecule is COc1ccc(-c2ccc(N3CCC[C@H](C(=O)Nc4nccs4)C3)nn2)cc1. The third kappa shape index (κ3) is 4.12. The fraction of sp³-hybridized carbons (Fsp3) is 0.300. The van der Waals surface area contributed by atoms with Crippen molar-refractivity contribution in [3.8, 4) is 17.0 Å². The third-order valence-corrected chi connectivity index (χ3v) is 5.50. The zero-order valence-electron chi connectivity index (χ0n) is 15.5. The van der Waals surface area contributed by atoms with Gasteiger partial charge < -0.3 is 15.0 Å². The molecule has 0 unspecified atom stereocenters. The lowest BCUT2D eigenvalue weighted by atomic mass is 9.97. The molecule has 0 bridgehead atoms. The maximum Gasteiger partial charge on any atom is 0.231 e. The van der Waals surface area contributed by atoms with Crippen molar-refractivity contribution in [3.63, 3.8) is 0 Å². The summed E-state index contributed by atoms with van der Waals surface area (Å²) in [6.07, 6.45) is 3.50. The molecule has 1 N–H and O–H groups in total. The summed E-state index contributed by atoms with van der Waals surface area (Å²) in [5, 5.41) is 14.2. The number of thiazole rings is 1. The lowest BCUT2D eigenvalue weighted by molar-refractivity contribution is -0.120. The molecule has 1 atom stereocenters. The number of rotatable bonds is 5. The van der Waals surface area contributed by atoms with Crippen LogP contribution in [-0.2, 0) is 4.79 Å². The van der Waals surface area contributed by atoms with Crippen molar-refractivity contribution < 1.29 is 9.53 Å². The van der Waals surface area contributed by atoms with Crippen LogP contribution in [0.25, 0.3) is 11.3 Å². The van der Waals surface area contributed by atoms with Gasteiger partial charge in [-0.25, -0.2) is 4.98 Å². The Morgan fingerprint density at radius 1 is 1.21 bits per heavy atom. The van der Waals surface area contributed by atoms with E-state index in [1.807, 2.05) is 41.8 Å². The van der Waals surface area contributed by atoms with E-state index >= 15 is 0 Å². The van der Waals surface area contributed by atoms with Crippen molar-refractivity contribution in [1.82, 2.24) is 15.2 Å². The summed E-state index contributed by atoms with van der Waals surface area (Å²) >= 11 is 1.43. The number of aromatic nitrogens is 3. The second kappa shape index (κ2) is 8.35. The highest BCUT2D eigenvalue weighted by molar-refractivity contribution is 7.13. The van der Waals surface area contributed by atoms with Crippen molar-refractivity contribution in [2.45, 2.75) is 12.8 Å². The molecule has 3 aromatic rings. The molecule has 1 saturated heterocycles. The van der Waals surface area contributed by atoms with Crippen LogP contribution < -0.4 is 15.0 Å². The minimum Gasteiger partial charge on any atom is -0.497 e. The van der Waals surface area contributed by atoms with Gasteiger partial charge in [-0.05, 0) is 49.2 Å². The van der Waals surface area contributed by atoms with Crippen molar-refractivity contribution in [2.24, 2.45) is 5.92 Å². The fourth-order valence-corrected chi connectivity index (χ4v) is 3.83. The zero-order valence-corrected chi connectivity index (χ0v) is 16.4. The molecule has 1 aliphatic rings. The zero-order chi connectivity index (χ0) is 19.3. The summed E-state index contributed by atoms with van der Waals surface area (Å²) in [6, 6.07) is 11.7. The van der Waals surface area contributed by atoms with Crippen LogP contribution in [0.2, 0.25) is 0 Å². The molecule has 0 spiro atoms. The van der Waals surface area contributed by atoms with Crippen molar-refractivity contribution in [1.29, 1.82) is 0 Å². The molecule has 0 saturated carbocycles. The quantitative estimate of drug-likeness (QED) is 0.713. The number of nitrogens with one attached hydrogen (secondary N) is 1. The van der Waals surface area contributed by atoms with Gasteiger partial charge >= 0.3 is 0 Å². The van der Waals surface area contributed by atoms with E-state index in [1.165, 1.54) is 11.3 Å². The monoisotopic (exact) mass is 395 g/mol. The van der Waals surface area contributed by atoms with E-state index < -0.39 is 0 Å². The van der Waals surface area contributed by atoms with Gasteiger partial charge in [0.25, 0.3) is 0 Å². The summed E-state index contributed by atoms with van der Waals surface area (Å²) < 4.78 is 5.19. The van der Waals surface area contributed by atoms with Gasteiger partial charge in [0.1, 0.15) is 5.75 Å². The molecular formula is C20H21N5O2S. The van der Waals surface area contributed by atoms with Crippen LogP contribution in [-0.4, -0.2) is 41.3 Å². The Hall–Kier alpha value is -3.00. The van der Waals surface area contributed by atoms with Crippen LogP contribution in [0.4, 0.5) is 10.9 Å². The molecule has 4 rings (SSSR count). The lowest BCUT2D eigenvalue weighted by Gasteiger charge is -2.32. The Balaban J connectivity index is 1.42. The first-order valence-corrected chi connectivity index (χ1v) is 10.0. The Bertz CT molecular complexity index is 913. The molecule has 1 fully saturated rings. The maximum atomic E-state index is 12.5. The predicted octanol–water partition coefficient (Wildman–Crippen LogP) is 3.46. The predicted molar refractivity (Wildman–Crippen MR) is 110 cm³/mol. The number of carbonyl (C=O) groups excluding carboxylic acids is 1. The van der Waals surface area contributed by atoms with Gasteiger partial charge in [-0.1, -0.05) is 0 Å². The van der Waals surface area contributed by atoms with Gasteiger partial charge in [0, 0.05) is 30.2 Å². The van der Waals surface area contributed by atoms with Gasteiger partial charge in [-0.2, -0.15) is 0 Å². The standard InChI is InChI=1S/C20H21N5O2S/c1-27-16-6-4-14(5-7-16)17-8-9-18(24-23-17)25-11-2-3-15(13-25)19(26)22-20-21-10-12-28-20/h4-10,12,15H,2-3,11,13H2,1H3,(H,21,22,26)/t15-/m0/s1. The lowest BCUT2D eigenvalue weighted by Crippen LogP contribution is -2.41. The molecule has 1 amide bonds. The van der Waals surface area contributed by atoms with Gasteiger partial charge in [-0.15, -0.1) is 21.5 Å². The van der Waals surface area contributed by atoms with Crippen LogP contribution in [0.15, 0.2) is 48.0 Å². The number of benzene rings is 1. The molecule has 3 heterocycles. The molecular weight excluding hydrogens is 374 g/mol. The van der Waals surface area contributed by atoms with Crippen LogP contribution >= 0.6 is 11.3 Å². The van der Waals surface area contributed by atoms with Crippen molar-refractivity contribution >= 4 is 28.2 Å². The van der Waals surface area contributed by atoms with E-state index in [1.54, 1.807) is 13.3 Å². The molecule has 7 nitrogen and oxygen atoms in total. The Morgan fingerprint density at radius 3 is 2.75 bits per heavy atom. The van der Waals surface area contributed by atoms with Crippen molar-refractivity contribution in [3.05, 3.63) is 48.0 Å². The minimum absolute atomic E-state index is 0.0162. The summed E-state index contributed by atoms with van der Waals surface area (Å²) in [5.74, 6) is 1.54. The highest BCUT2D eigenvalue weighted by Crippen LogP contribution is 2.25. The average Bonchev–Trinajstić information content (AvgIpc) is 3.27. The average molecular weight is 395 g/mol. The number of piperidine rings is 1. The largest absolute Gasteiger partial charge is 0.497 e. The number of carbonyl (C=O) groups is 1. The smallest absolute Gasteiger partial charge is 0.231 e. The molecule has 144 valence electrons. The van der Waals surface area contributed by atoms with Gasteiger partial charge in [0.05, 0.1) is 18.7 Å². The molecule has 1 aromatic carbocycles. The van der Waals surface area contributed by atoms with Crippen LogP contribution in [0.1, 0.15) is 12.8 Å². The highest BCUT2D eigenvalue weighted by atomic mass is 32.1. The molecule has 0 aliphatic carbocycles. The molecule has 0 radical (unpaired) electrons. The van der Waals surface area contributed by atoms with E-state index in [9.17, 15) is 4.79 Å². The number of nitrogens with zero attached hydrogens (tertiary/aromatic N) is 4. The van der Waals surface area contributed by atoms with Crippen LogP contribution in [0.3, 0.4) is 0 Å². The van der Waals surface area contributed by atoms with Gasteiger partial charge in [0.15, 0.2) is 10.9 Å². The summed E-state index contributed by atoms with van der Waals surface area (Å²) in [7, 11) is 1.65. The van der Waals surface area contributed by atoms with Crippen LogP contribution in [0, 0.1) is 5.92 Å². The second-order valence-electron chi connectivity index (χ2n) is 6.62. The highest BCUT2D eigenvalue weighted by Gasteiger charge is 2.27. The topological polar surface area (TPSA) is 80.2 Å². The minimum atomic E-state index is -0.0827. The normalized spacial score (nSPS) is 16.6. The van der Waals surface area contributed by atoms with E-state index in [0.29, 0.717) is 11.7 Å². The van der Waals surface area contributed by atoms with E-state index in [0.717, 1.165) is 42.2 Å². The van der Waals surface area contributed by atoms with E-state index in [2.05, 4.69) is 25.4 Å². The Morgan fingerprint density at radius 2 is 2.07 bits per heavy atom. The first-order valence-electron chi connectivity index (χ1n) is 9.16. The van der Waals surface area contributed by atoms with E-state index in [-0.39, 0.29) is 11.8 Å². The Kier molecular flexibility index (Phi) is 5.48. The number of ether oxygens (including phenoxy) is 1. The van der Waals surface area contributed by atoms with Gasteiger partial charge in [-0.3, -0.25) is 4.79 Å². The number of anilines is 2. The number of hydrogen-bond acceptors (Lipinski definition) is 7. The number of amides is 1. The first-order chi connectivity index (χ1) is 13.7. The maximum absolute atomic E-state index is 12.5. The summed E-state index contributed by atoms with van der Waals surface area (Å²) in [6.45, 7) is 1.51. The van der Waals surface area contributed by atoms with Crippen LogP contribution in [0.5, 0.6) is 5.75 Å². The number of hydrogen-bond donors (Lipinski definition) is 1. The van der Waals surface area contributed by atoms with Crippen molar-refractivity contribution in [2.75, 3.05) is 30.4 Å². The molecule has 8 heteroatoms. The second-order valence-corrected chi connectivity index (χ2v) is 7.51. The first kappa shape index (κ1) is 18.4. The number of methoxy groups -OCH3 is 1. The van der Waals surface area contributed by atoms with E-state index in [4.69, 9.17) is 4.74 Å². The fourth-order valence-electron chi connectivity index (χ4n) is 3.30. The summed E-state index contributed by atoms with van der Waals surface area (Å²) in [5.41, 5.74) is 1.79. The molecule has 28 heavy (non-hydrogen) atoms. The molecule has 1 aliphatic heterocycles. The summed E-state index contributed by atoms with van der Waals surface area (Å²) in [4.78, 5) is 18.8. The molecule has 2 aromatic heterocycles. The third-order valence-electron chi connectivity index (χ3n) is 4.81. The Labute approximate surface area is 167 Å².